The standard InChI is InChI=1S/C12H13P/c13-9-8-11-6-3-5-10-4-1-2-7-12(10)11/h1-7H,8-9,13H2. The SMILES string of the molecule is PCCc1cccc2ccccc12. The van der Waals surface area contributed by atoms with Crippen LogP contribution in [0.2, 0.25) is 0 Å². The van der Waals surface area contributed by atoms with E-state index in [1.54, 1.807) is 0 Å². The maximum absolute atomic E-state index is 2.78. The lowest BCUT2D eigenvalue weighted by Crippen LogP contribution is -1.86. The van der Waals surface area contributed by atoms with Gasteiger partial charge in [0.2, 0.25) is 0 Å². The molecule has 0 fully saturated rings. The van der Waals surface area contributed by atoms with Crippen LogP contribution in [0.5, 0.6) is 0 Å². The van der Waals surface area contributed by atoms with Gasteiger partial charge in [0.25, 0.3) is 0 Å². The maximum Gasteiger partial charge on any atom is -0.0152 e. The Balaban J connectivity index is 2.61. The van der Waals surface area contributed by atoms with E-state index < -0.39 is 0 Å². The molecule has 0 saturated heterocycles. The highest BCUT2D eigenvalue weighted by Crippen LogP contribution is 2.19. The quantitative estimate of drug-likeness (QED) is 0.634. The fraction of sp³-hybridized carbons (Fsp3) is 0.167. The van der Waals surface area contributed by atoms with E-state index in [1.807, 2.05) is 0 Å². The minimum Gasteiger partial charge on any atom is -0.137 e. The van der Waals surface area contributed by atoms with Crippen LogP contribution in [-0.4, -0.2) is 6.16 Å². The molecule has 2 aromatic rings. The van der Waals surface area contributed by atoms with Crippen molar-refractivity contribution in [2.24, 2.45) is 0 Å². The van der Waals surface area contributed by atoms with Gasteiger partial charge in [0, 0.05) is 0 Å². The molecule has 1 atom stereocenters. The molecule has 0 aliphatic carbocycles. The number of fused-ring (bicyclic) bond motifs is 1. The molecule has 0 spiro atoms. The van der Waals surface area contributed by atoms with Gasteiger partial charge in [0.05, 0.1) is 0 Å². The summed E-state index contributed by atoms with van der Waals surface area (Å²) >= 11 is 0. The van der Waals surface area contributed by atoms with E-state index in [0.29, 0.717) is 0 Å². The molecule has 0 aromatic heterocycles. The Morgan fingerprint density at radius 1 is 0.923 bits per heavy atom. The van der Waals surface area contributed by atoms with Crippen LogP contribution in [0, 0.1) is 0 Å². The summed E-state index contributed by atoms with van der Waals surface area (Å²) in [4.78, 5) is 0. The summed E-state index contributed by atoms with van der Waals surface area (Å²) in [6.45, 7) is 0. The Bertz CT molecular complexity index is 401. The molecule has 0 N–H and O–H groups in total. The van der Waals surface area contributed by atoms with E-state index in [9.17, 15) is 0 Å². The largest absolute Gasteiger partial charge is 0.137 e. The van der Waals surface area contributed by atoms with Crippen LogP contribution >= 0.6 is 9.24 Å². The number of rotatable bonds is 2. The fourth-order valence-corrected chi connectivity index (χ4v) is 1.98. The van der Waals surface area contributed by atoms with Crippen LogP contribution in [0.25, 0.3) is 10.8 Å². The second-order valence-electron chi connectivity index (χ2n) is 3.18. The van der Waals surface area contributed by atoms with Crippen molar-refractivity contribution < 1.29 is 0 Å². The smallest absolute Gasteiger partial charge is 0.0152 e. The molecule has 0 radical (unpaired) electrons. The van der Waals surface area contributed by atoms with Crippen molar-refractivity contribution in [2.75, 3.05) is 6.16 Å². The molecule has 2 aromatic carbocycles. The van der Waals surface area contributed by atoms with Crippen LogP contribution < -0.4 is 0 Å². The van der Waals surface area contributed by atoms with Crippen LogP contribution in [0.15, 0.2) is 42.5 Å². The first kappa shape index (κ1) is 8.72. The first-order valence-electron chi connectivity index (χ1n) is 4.58. The summed E-state index contributed by atoms with van der Waals surface area (Å²) in [6.07, 6.45) is 2.28. The molecule has 66 valence electrons. The molecule has 13 heavy (non-hydrogen) atoms. The van der Waals surface area contributed by atoms with Gasteiger partial charge in [0.15, 0.2) is 0 Å². The Hall–Kier alpha value is -0.870. The summed E-state index contributed by atoms with van der Waals surface area (Å²) in [5.74, 6) is 0. The minimum atomic E-state index is 1.13. The molecular weight excluding hydrogens is 175 g/mol. The van der Waals surface area contributed by atoms with Gasteiger partial charge in [-0.3, -0.25) is 0 Å². The Morgan fingerprint density at radius 3 is 2.54 bits per heavy atom. The van der Waals surface area contributed by atoms with Gasteiger partial charge in [-0.25, -0.2) is 0 Å². The van der Waals surface area contributed by atoms with Gasteiger partial charge >= 0.3 is 0 Å². The normalized spacial score (nSPS) is 10.5. The third-order valence-corrected chi connectivity index (χ3v) is 2.58. The van der Waals surface area contributed by atoms with Crippen molar-refractivity contribution >= 4 is 20.0 Å². The average molecular weight is 188 g/mol. The number of benzene rings is 2. The fourth-order valence-electron chi connectivity index (χ4n) is 1.67. The van der Waals surface area contributed by atoms with Gasteiger partial charge in [-0.15, -0.1) is 9.24 Å². The lowest BCUT2D eigenvalue weighted by atomic mass is 10.0. The average Bonchev–Trinajstić information content (AvgIpc) is 2.19. The zero-order valence-corrected chi connectivity index (χ0v) is 8.69. The van der Waals surface area contributed by atoms with Crippen molar-refractivity contribution in [1.82, 2.24) is 0 Å². The number of aryl methyl sites for hydroxylation is 1. The minimum absolute atomic E-state index is 1.13. The van der Waals surface area contributed by atoms with Crippen LogP contribution in [0.1, 0.15) is 5.56 Å². The molecule has 0 nitrogen and oxygen atoms in total. The lowest BCUT2D eigenvalue weighted by Gasteiger charge is -2.03. The topological polar surface area (TPSA) is 0 Å². The monoisotopic (exact) mass is 188 g/mol. The first-order valence-corrected chi connectivity index (χ1v) is 5.40. The zero-order chi connectivity index (χ0) is 9.10. The number of hydrogen-bond donors (Lipinski definition) is 0. The Morgan fingerprint density at radius 2 is 1.69 bits per heavy atom. The van der Waals surface area contributed by atoms with E-state index >= 15 is 0 Å². The van der Waals surface area contributed by atoms with Crippen molar-refractivity contribution in [1.29, 1.82) is 0 Å². The molecule has 1 heteroatoms. The van der Waals surface area contributed by atoms with Gasteiger partial charge in [-0.05, 0) is 28.9 Å². The molecule has 0 bridgehead atoms. The summed E-state index contributed by atoms with van der Waals surface area (Å²) in [5.41, 5.74) is 1.45. The van der Waals surface area contributed by atoms with Crippen molar-refractivity contribution in [3.05, 3.63) is 48.0 Å². The second-order valence-corrected chi connectivity index (χ2v) is 3.75. The van der Waals surface area contributed by atoms with Crippen LogP contribution in [0.4, 0.5) is 0 Å². The third kappa shape index (κ3) is 1.73. The molecule has 0 aliphatic heterocycles. The maximum atomic E-state index is 2.78. The summed E-state index contributed by atoms with van der Waals surface area (Å²) in [5, 5.41) is 2.74. The van der Waals surface area contributed by atoms with E-state index in [2.05, 4.69) is 51.7 Å². The molecule has 2 rings (SSSR count). The molecule has 0 aliphatic rings. The van der Waals surface area contributed by atoms with Gasteiger partial charge in [0.1, 0.15) is 0 Å². The van der Waals surface area contributed by atoms with Gasteiger partial charge in [-0.1, -0.05) is 42.5 Å². The highest BCUT2D eigenvalue weighted by molar-refractivity contribution is 7.16. The summed E-state index contributed by atoms with van der Waals surface area (Å²) in [7, 11) is 2.78. The Kier molecular flexibility index (Phi) is 2.61. The first-order chi connectivity index (χ1) is 6.42. The Labute approximate surface area is 81.2 Å². The van der Waals surface area contributed by atoms with Crippen molar-refractivity contribution in [3.8, 4) is 0 Å². The molecule has 0 saturated carbocycles. The van der Waals surface area contributed by atoms with Crippen molar-refractivity contribution in [2.45, 2.75) is 6.42 Å². The molecule has 1 unspecified atom stereocenters. The highest BCUT2D eigenvalue weighted by Gasteiger charge is 1.97. The lowest BCUT2D eigenvalue weighted by molar-refractivity contribution is 1.18. The van der Waals surface area contributed by atoms with Crippen LogP contribution in [0.3, 0.4) is 0 Å². The number of hydrogen-bond acceptors (Lipinski definition) is 0. The molecule has 0 heterocycles. The third-order valence-electron chi connectivity index (χ3n) is 2.29. The van der Waals surface area contributed by atoms with E-state index in [0.717, 1.165) is 12.6 Å². The molecule has 0 amide bonds. The van der Waals surface area contributed by atoms with Gasteiger partial charge in [-0.2, -0.15) is 0 Å². The zero-order valence-electron chi connectivity index (χ0n) is 7.53. The summed E-state index contributed by atoms with van der Waals surface area (Å²) < 4.78 is 0. The predicted octanol–water partition coefficient (Wildman–Crippen LogP) is 3.26. The van der Waals surface area contributed by atoms with Gasteiger partial charge < -0.3 is 0 Å². The summed E-state index contributed by atoms with van der Waals surface area (Å²) in [6, 6.07) is 15.1. The van der Waals surface area contributed by atoms with E-state index in [-0.39, 0.29) is 0 Å². The predicted molar refractivity (Wildman–Crippen MR) is 62.2 cm³/mol. The van der Waals surface area contributed by atoms with Crippen molar-refractivity contribution in [3.63, 3.8) is 0 Å². The second kappa shape index (κ2) is 3.89. The molecular formula is C12H13P. The van der Waals surface area contributed by atoms with E-state index in [4.69, 9.17) is 0 Å². The van der Waals surface area contributed by atoms with E-state index in [1.165, 1.54) is 16.3 Å². The van der Waals surface area contributed by atoms with Crippen LogP contribution in [-0.2, 0) is 6.42 Å². The highest BCUT2D eigenvalue weighted by atomic mass is 31.0.